The molecule has 2 fully saturated rings. The predicted molar refractivity (Wildman–Crippen MR) is 110 cm³/mol. The zero-order chi connectivity index (χ0) is 21.3. The standard InChI is InChI=1S/C22H25N5O3/c1-22(2,3)20(28)25-16-11-29-19-17(12-30-18(16)19)27-21-24-8-7-15(26-21)14-6-4-5-13(9-14)10-23/h4-9,16-19H,11-12H2,1-3H3,(H,25,28)(H,24,26,27). The molecule has 2 aromatic rings. The van der Waals surface area contributed by atoms with E-state index in [-0.39, 0.29) is 30.2 Å². The van der Waals surface area contributed by atoms with Gasteiger partial charge in [-0.2, -0.15) is 5.26 Å². The minimum Gasteiger partial charge on any atom is -0.371 e. The lowest BCUT2D eigenvalue weighted by Crippen LogP contribution is -2.48. The van der Waals surface area contributed by atoms with E-state index < -0.39 is 5.41 Å². The molecule has 2 saturated heterocycles. The first-order valence-electron chi connectivity index (χ1n) is 9.99. The van der Waals surface area contributed by atoms with Crippen LogP contribution in [0.15, 0.2) is 36.5 Å². The summed E-state index contributed by atoms with van der Waals surface area (Å²) in [5, 5.41) is 15.5. The first-order chi connectivity index (χ1) is 14.3. The SMILES string of the molecule is CC(C)(C)C(=O)NC1COC2C(Nc3nccc(-c4cccc(C#N)c4)n3)COC12. The fraction of sp³-hybridized carbons (Fsp3) is 0.455. The molecule has 2 N–H and O–H groups in total. The van der Waals surface area contributed by atoms with Gasteiger partial charge in [0.05, 0.1) is 42.6 Å². The Morgan fingerprint density at radius 1 is 1.17 bits per heavy atom. The van der Waals surface area contributed by atoms with Gasteiger partial charge in [0.15, 0.2) is 0 Å². The van der Waals surface area contributed by atoms with E-state index in [0.29, 0.717) is 24.7 Å². The number of anilines is 1. The normalized spacial score (nSPS) is 25.4. The van der Waals surface area contributed by atoms with E-state index in [1.54, 1.807) is 24.4 Å². The van der Waals surface area contributed by atoms with Crippen molar-refractivity contribution in [1.82, 2.24) is 15.3 Å². The molecule has 4 unspecified atom stereocenters. The fourth-order valence-corrected chi connectivity index (χ4v) is 3.63. The van der Waals surface area contributed by atoms with Crippen LogP contribution < -0.4 is 10.6 Å². The summed E-state index contributed by atoms with van der Waals surface area (Å²) in [5.74, 6) is 0.447. The second-order valence-electron chi connectivity index (χ2n) is 8.63. The largest absolute Gasteiger partial charge is 0.371 e. The number of carbonyl (C=O) groups is 1. The highest BCUT2D eigenvalue weighted by Crippen LogP contribution is 2.29. The number of carbonyl (C=O) groups excluding carboxylic acids is 1. The second-order valence-corrected chi connectivity index (χ2v) is 8.63. The summed E-state index contributed by atoms with van der Waals surface area (Å²) in [6.07, 6.45) is 1.28. The Hall–Kier alpha value is -3.02. The first kappa shape index (κ1) is 20.3. The van der Waals surface area contributed by atoms with E-state index in [9.17, 15) is 4.79 Å². The van der Waals surface area contributed by atoms with Crippen LogP contribution in [0.4, 0.5) is 5.95 Å². The van der Waals surface area contributed by atoms with Gasteiger partial charge in [-0.25, -0.2) is 9.97 Å². The lowest BCUT2D eigenvalue weighted by atomic mass is 9.94. The summed E-state index contributed by atoms with van der Waals surface area (Å²) in [4.78, 5) is 21.2. The third kappa shape index (κ3) is 4.13. The van der Waals surface area contributed by atoms with Crippen LogP contribution in [-0.2, 0) is 14.3 Å². The molecular formula is C22H25N5O3. The van der Waals surface area contributed by atoms with Crippen molar-refractivity contribution in [2.45, 2.75) is 45.1 Å². The molecule has 4 rings (SSSR count). The molecule has 30 heavy (non-hydrogen) atoms. The number of nitrogens with one attached hydrogen (secondary N) is 2. The maximum Gasteiger partial charge on any atom is 0.225 e. The Bertz CT molecular complexity index is 981. The Morgan fingerprint density at radius 2 is 1.90 bits per heavy atom. The topological polar surface area (TPSA) is 109 Å². The summed E-state index contributed by atoms with van der Waals surface area (Å²) >= 11 is 0. The number of amides is 1. The number of hydrogen-bond acceptors (Lipinski definition) is 7. The Kier molecular flexibility index (Phi) is 5.41. The maximum absolute atomic E-state index is 12.3. The van der Waals surface area contributed by atoms with Crippen molar-refractivity contribution in [3.8, 4) is 17.3 Å². The van der Waals surface area contributed by atoms with E-state index >= 15 is 0 Å². The molecule has 0 aliphatic carbocycles. The van der Waals surface area contributed by atoms with Crippen molar-refractivity contribution < 1.29 is 14.3 Å². The molecule has 0 radical (unpaired) electrons. The van der Waals surface area contributed by atoms with Crippen molar-refractivity contribution in [1.29, 1.82) is 5.26 Å². The highest BCUT2D eigenvalue weighted by Gasteiger charge is 2.48. The molecule has 1 aromatic heterocycles. The minimum atomic E-state index is -0.467. The van der Waals surface area contributed by atoms with Crippen LogP contribution in [0.5, 0.6) is 0 Å². The van der Waals surface area contributed by atoms with E-state index in [1.165, 1.54) is 0 Å². The number of ether oxygens (including phenoxy) is 2. The van der Waals surface area contributed by atoms with Crippen LogP contribution in [-0.4, -0.2) is 53.4 Å². The van der Waals surface area contributed by atoms with Crippen molar-refractivity contribution in [2.75, 3.05) is 18.5 Å². The third-order valence-corrected chi connectivity index (χ3v) is 5.31. The Labute approximate surface area is 175 Å². The van der Waals surface area contributed by atoms with Crippen LogP contribution in [0.25, 0.3) is 11.3 Å². The number of nitriles is 1. The lowest BCUT2D eigenvalue weighted by Gasteiger charge is -2.23. The van der Waals surface area contributed by atoms with Crippen molar-refractivity contribution in [3.63, 3.8) is 0 Å². The number of benzene rings is 1. The average Bonchev–Trinajstić information content (AvgIpc) is 3.31. The average molecular weight is 407 g/mol. The molecule has 2 aliphatic rings. The highest BCUT2D eigenvalue weighted by molar-refractivity contribution is 5.81. The smallest absolute Gasteiger partial charge is 0.225 e. The maximum atomic E-state index is 12.3. The molecule has 2 aliphatic heterocycles. The molecule has 0 bridgehead atoms. The van der Waals surface area contributed by atoms with E-state index in [2.05, 4.69) is 26.7 Å². The summed E-state index contributed by atoms with van der Waals surface area (Å²) < 4.78 is 11.9. The first-order valence-corrected chi connectivity index (χ1v) is 9.99. The minimum absolute atomic E-state index is 0.0209. The summed E-state index contributed by atoms with van der Waals surface area (Å²) in [6, 6.07) is 10.9. The van der Waals surface area contributed by atoms with Gasteiger partial charge < -0.3 is 20.1 Å². The van der Waals surface area contributed by atoms with E-state index in [0.717, 1.165) is 11.3 Å². The third-order valence-electron chi connectivity index (χ3n) is 5.31. The molecule has 1 aromatic carbocycles. The van der Waals surface area contributed by atoms with Crippen molar-refractivity contribution in [3.05, 3.63) is 42.1 Å². The van der Waals surface area contributed by atoms with E-state index in [1.807, 2.05) is 32.9 Å². The fourth-order valence-electron chi connectivity index (χ4n) is 3.63. The van der Waals surface area contributed by atoms with Crippen LogP contribution in [0.1, 0.15) is 26.3 Å². The molecule has 1 amide bonds. The number of fused-ring (bicyclic) bond motifs is 1. The van der Waals surface area contributed by atoms with Gasteiger partial charge in [-0.1, -0.05) is 32.9 Å². The Morgan fingerprint density at radius 3 is 2.63 bits per heavy atom. The quantitative estimate of drug-likeness (QED) is 0.799. The van der Waals surface area contributed by atoms with Gasteiger partial charge >= 0.3 is 0 Å². The van der Waals surface area contributed by atoms with Crippen LogP contribution in [0, 0.1) is 16.7 Å². The van der Waals surface area contributed by atoms with Crippen molar-refractivity contribution in [2.24, 2.45) is 5.41 Å². The molecule has 3 heterocycles. The number of hydrogen-bond donors (Lipinski definition) is 2. The number of rotatable bonds is 4. The van der Waals surface area contributed by atoms with Crippen molar-refractivity contribution >= 4 is 11.9 Å². The lowest BCUT2D eigenvalue weighted by molar-refractivity contribution is -0.129. The monoisotopic (exact) mass is 407 g/mol. The molecule has 0 saturated carbocycles. The molecule has 8 heteroatoms. The van der Waals surface area contributed by atoms with Gasteiger partial charge in [0.1, 0.15) is 12.2 Å². The molecule has 0 spiro atoms. The number of nitrogens with zero attached hydrogens (tertiary/aromatic N) is 3. The van der Waals surface area contributed by atoms with Gasteiger partial charge in [0, 0.05) is 17.2 Å². The van der Waals surface area contributed by atoms with Crippen LogP contribution >= 0.6 is 0 Å². The van der Waals surface area contributed by atoms with Crippen LogP contribution in [0.3, 0.4) is 0 Å². The zero-order valence-corrected chi connectivity index (χ0v) is 17.3. The predicted octanol–water partition coefficient (Wildman–Crippen LogP) is 2.12. The molecular weight excluding hydrogens is 382 g/mol. The molecule has 8 nitrogen and oxygen atoms in total. The molecule has 4 atom stereocenters. The number of aromatic nitrogens is 2. The zero-order valence-electron chi connectivity index (χ0n) is 17.3. The summed E-state index contributed by atoms with van der Waals surface area (Å²) in [7, 11) is 0. The highest BCUT2D eigenvalue weighted by atomic mass is 16.6. The van der Waals surface area contributed by atoms with Gasteiger partial charge in [0.25, 0.3) is 0 Å². The Balaban J connectivity index is 1.44. The van der Waals surface area contributed by atoms with Gasteiger partial charge in [-0.15, -0.1) is 0 Å². The second kappa shape index (κ2) is 8.01. The van der Waals surface area contributed by atoms with Gasteiger partial charge in [-0.05, 0) is 18.2 Å². The molecule has 156 valence electrons. The summed E-state index contributed by atoms with van der Waals surface area (Å²) in [6.45, 7) is 6.50. The van der Waals surface area contributed by atoms with E-state index in [4.69, 9.17) is 14.7 Å². The van der Waals surface area contributed by atoms with Gasteiger partial charge in [-0.3, -0.25) is 4.79 Å². The van der Waals surface area contributed by atoms with Crippen LogP contribution in [0.2, 0.25) is 0 Å². The van der Waals surface area contributed by atoms with Gasteiger partial charge in [0.2, 0.25) is 11.9 Å². The summed E-state index contributed by atoms with van der Waals surface area (Å²) in [5.41, 5.74) is 1.69.